The summed E-state index contributed by atoms with van der Waals surface area (Å²) in [4.78, 5) is 13.7. The summed E-state index contributed by atoms with van der Waals surface area (Å²) < 4.78 is 18.8. The molecule has 0 radical (unpaired) electrons. The molecule has 34 heavy (non-hydrogen) atoms. The van der Waals surface area contributed by atoms with Crippen molar-refractivity contribution in [3.63, 3.8) is 0 Å². The Balaban J connectivity index is 0.000000271. The molecule has 0 aliphatic rings. The Morgan fingerprint density at radius 1 is 1.35 bits per heavy atom. The van der Waals surface area contributed by atoms with Crippen LogP contribution in [0.2, 0.25) is 0 Å². The Morgan fingerprint density at radius 3 is 2.79 bits per heavy atom. The smallest absolute Gasteiger partial charge is 0.207 e. The molecule has 4 aromatic rings. The van der Waals surface area contributed by atoms with E-state index in [4.69, 9.17) is 15.6 Å². The molecule has 1 amide bonds. The van der Waals surface area contributed by atoms with Gasteiger partial charge in [0.1, 0.15) is 34.7 Å². The van der Waals surface area contributed by atoms with Crippen LogP contribution in [0.3, 0.4) is 0 Å². The number of nitrogen functional groups attached to an aromatic ring is 1. The van der Waals surface area contributed by atoms with Gasteiger partial charge < -0.3 is 25.9 Å². The minimum Gasteiger partial charge on any atom is -0.496 e. The van der Waals surface area contributed by atoms with E-state index in [-0.39, 0.29) is 30.4 Å². The van der Waals surface area contributed by atoms with Gasteiger partial charge in [0, 0.05) is 23.7 Å². The number of aliphatic hydroxyl groups is 1. The first-order chi connectivity index (χ1) is 16.4. The summed E-state index contributed by atoms with van der Waals surface area (Å²) in [6, 6.07) is 12.1. The number of amides is 1. The number of ether oxygens (including phenoxy) is 1. The number of benzene rings is 2. The number of hydrogen-bond acceptors (Lipinski definition) is 6. The number of aliphatic hydroxyl groups excluding tert-OH is 1. The summed E-state index contributed by atoms with van der Waals surface area (Å²) in [5.74, 6) is 0.733. The quantitative estimate of drug-likeness (QED) is 0.310. The molecule has 0 fully saturated rings. The van der Waals surface area contributed by atoms with E-state index in [1.807, 2.05) is 25.1 Å². The van der Waals surface area contributed by atoms with Crippen LogP contribution in [-0.4, -0.2) is 40.0 Å². The number of aromatic amines is 1. The third-order valence-corrected chi connectivity index (χ3v) is 5.21. The van der Waals surface area contributed by atoms with Gasteiger partial charge in [-0.2, -0.15) is 10.4 Å². The number of nitrogens with one attached hydrogen (secondary N) is 2. The Kier molecular flexibility index (Phi) is 7.84. The Hall–Kier alpha value is -4.36. The van der Waals surface area contributed by atoms with E-state index in [1.54, 1.807) is 19.4 Å². The summed E-state index contributed by atoms with van der Waals surface area (Å²) in [6.07, 6.45) is 2.44. The van der Waals surface area contributed by atoms with Gasteiger partial charge in [-0.05, 0) is 42.3 Å². The zero-order valence-electron chi connectivity index (χ0n) is 18.8. The van der Waals surface area contributed by atoms with Crippen molar-refractivity contribution in [1.82, 2.24) is 20.1 Å². The number of nitrogens with two attached hydrogens (primary N) is 1. The van der Waals surface area contributed by atoms with Crippen molar-refractivity contribution in [2.24, 2.45) is 0 Å². The predicted octanol–water partition coefficient (Wildman–Crippen LogP) is 2.87. The van der Waals surface area contributed by atoms with Crippen LogP contribution in [0, 0.1) is 24.1 Å². The highest BCUT2D eigenvalue weighted by Crippen LogP contribution is 2.33. The molecule has 9 nitrogen and oxygen atoms in total. The molecule has 0 spiro atoms. The van der Waals surface area contributed by atoms with Crippen molar-refractivity contribution >= 4 is 23.1 Å². The van der Waals surface area contributed by atoms with E-state index in [9.17, 15) is 14.4 Å². The maximum absolute atomic E-state index is 12.4. The minimum absolute atomic E-state index is 0.119. The topological polar surface area (TPSA) is 142 Å². The van der Waals surface area contributed by atoms with E-state index >= 15 is 0 Å². The second-order valence-electron chi connectivity index (χ2n) is 7.32. The molecule has 0 aliphatic heterocycles. The number of carbonyl (C=O) groups excluding carboxylic acids is 1. The Labute approximate surface area is 195 Å². The second-order valence-corrected chi connectivity index (χ2v) is 7.32. The standard InChI is InChI=1S/C16H16N6O2.C8H9FO/c17-7-13-15(21-22(5-6-23)16(13)18)11-2-1-10(8-19-9-24)14-12(11)3-4-20-14;1-6-5-7(9)3-4-8(6)10-2/h1-4,9,20,23H,5-6,8,18H2,(H,19,24);3-5H,1-2H3. The molecule has 0 saturated carbocycles. The van der Waals surface area contributed by atoms with Crippen LogP contribution >= 0.6 is 0 Å². The van der Waals surface area contributed by atoms with Gasteiger partial charge in [-0.1, -0.05) is 12.1 Å². The lowest BCUT2D eigenvalue weighted by molar-refractivity contribution is -0.109. The number of nitriles is 1. The molecule has 0 unspecified atom stereocenters. The Bertz CT molecular complexity index is 1340. The fourth-order valence-electron chi connectivity index (χ4n) is 3.60. The monoisotopic (exact) mass is 464 g/mol. The number of carbonyl (C=O) groups is 1. The van der Waals surface area contributed by atoms with Crippen LogP contribution in [0.15, 0.2) is 42.6 Å². The van der Waals surface area contributed by atoms with E-state index < -0.39 is 0 Å². The fraction of sp³-hybridized carbons (Fsp3) is 0.208. The molecule has 0 atom stereocenters. The molecule has 2 heterocycles. The number of nitrogens with zero attached hydrogens (tertiary/aromatic N) is 3. The fourth-order valence-corrected chi connectivity index (χ4v) is 3.60. The van der Waals surface area contributed by atoms with E-state index in [0.717, 1.165) is 33.3 Å². The number of aromatic nitrogens is 3. The summed E-state index contributed by atoms with van der Waals surface area (Å²) in [6.45, 7) is 2.30. The predicted molar refractivity (Wildman–Crippen MR) is 126 cm³/mol. The first-order valence-electron chi connectivity index (χ1n) is 10.4. The van der Waals surface area contributed by atoms with Crippen LogP contribution < -0.4 is 15.8 Å². The van der Waals surface area contributed by atoms with E-state index in [0.29, 0.717) is 18.6 Å². The molecule has 2 aromatic carbocycles. The van der Waals surface area contributed by atoms with Gasteiger partial charge >= 0.3 is 0 Å². The SMILES string of the molecule is COc1ccc(F)cc1C.N#Cc1c(-c2ccc(CNC=O)c3[nH]ccc23)nn(CCO)c1N. The van der Waals surface area contributed by atoms with Crippen molar-refractivity contribution in [1.29, 1.82) is 5.26 Å². The summed E-state index contributed by atoms with van der Waals surface area (Å²) >= 11 is 0. The number of methoxy groups -OCH3 is 1. The second kappa shape index (κ2) is 11.0. The minimum atomic E-state index is -0.224. The maximum Gasteiger partial charge on any atom is 0.207 e. The van der Waals surface area contributed by atoms with Crippen LogP contribution in [0.25, 0.3) is 22.2 Å². The molecule has 4 rings (SSSR count). The van der Waals surface area contributed by atoms with Crippen molar-refractivity contribution < 1.29 is 19.0 Å². The summed E-state index contributed by atoms with van der Waals surface area (Å²) in [5, 5.41) is 26.4. The third kappa shape index (κ3) is 5.00. The molecular formula is C24H25FN6O3. The number of anilines is 1. The van der Waals surface area contributed by atoms with Crippen molar-refractivity contribution in [2.75, 3.05) is 19.5 Å². The lowest BCUT2D eigenvalue weighted by Crippen LogP contribution is -2.10. The summed E-state index contributed by atoms with van der Waals surface area (Å²) in [7, 11) is 1.57. The van der Waals surface area contributed by atoms with E-state index in [2.05, 4.69) is 21.5 Å². The van der Waals surface area contributed by atoms with Gasteiger partial charge in [0.25, 0.3) is 0 Å². The molecule has 2 aromatic heterocycles. The highest BCUT2D eigenvalue weighted by molar-refractivity contribution is 5.97. The van der Waals surface area contributed by atoms with Gasteiger partial charge in [-0.15, -0.1) is 0 Å². The number of halogens is 1. The van der Waals surface area contributed by atoms with Crippen LogP contribution in [-0.2, 0) is 17.9 Å². The van der Waals surface area contributed by atoms with Crippen molar-refractivity contribution in [3.8, 4) is 23.1 Å². The first kappa shape index (κ1) is 24.3. The van der Waals surface area contributed by atoms with Crippen molar-refractivity contribution in [2.45, 2.75) is 20.0 Å². The maximum atomic E-state index is 12.4. The highest BCUT2D eigenvalue weighted by Gasteiger charge is 2.19. The highest BCUT2D eigenvalue weighted by atomic mass is 19.1. The lowest BCUT2D eigenvalue weighted by Gasteiger charge is -2.06. The molecule has 176 valence electrons. The number of rotatable bonds is 7. The normalized spacial score (nSPS) is 10.3. The van der Waals surface area contributed by atoms with Gasteiger partial charge in [-0.3, -0.25) is 4.79 Å². The zero-order valence-corrected chi connectivity index (χ0v) is 18.8. The molecule has 0 saturated heterocycles. The average molecular weight is 465 g/mol. The summed E-state index contributed by atoms with van der Waals surface area (Å²) in [5.41, 5.74) is 10.1. The van der Waals surface area contributed by atoms with Gasteiger partial charge in [-0.25, -0.2) is 9.07 Å². The molecular weight excluding hydrogens is 439 g/mol. The molecule has 10 heteroatoms. The third-order valence-electron chi connectivity index (χ3n) is 5.21. The number of fused-ring (bicyclic) bond motifs is 1. The lowest BCUT2D eigenvalue weighted by atomic mass is 10.0. The zero-order chi connectivity index (χ0) is 24.7. The first-order valence-corrected chi connectivity index (χ1v) is 10.4. The molecule has 5 N–H and O–H groups in total. The average Bonchev–Trinajstić information content (AvgIpc) is 3.43. The van der Waals surface area contributed by atoms with Gasteiger partial charge in [0.05, 0.1) is 25.8 Å². The number of hydrogen-bond donors (Lipinski definition) is 4. The van der Waals surface area contributed by atoms with Crippen LogP contribution in [0.1, 0.15) is 16.7 Å². The van der Waals surface area contributed by atoms with E-state index in [1.165, 1.54) is 16.8 Å². The largest absolute Gasteiger partial charge is 0.496 e. The van der Waals surface area contributed by atoms with Crippen LogP contribution in [0.4, 0.5) is 10.2 Å². The van der Waals surface area contributed by atoms with Gasteiger partial charge in [0.2, 0.25) is 6.41 Å². The molecule has 0 aliphatic carbocycles. The molecule has 0 bridgehead atoms. The number of H-pyrrole nitrogens is 1. The van der Waals surface area contributed by atoms with Crippen LogP contribution in [0.5, 0.6) is 5.75 Å². The number of aryl methyl sites for hydroxylation is 1. The van der Waals surface area contributed by atoms with Crippen molar-refractivity contribution in [3.05, 3.63) is 65.1 Å². The Morgan fingerprint density at radius 2 is 2.15 bits per heavy atom. The van der Waals surface area contributed by atoms with Gasteiger partial charge in [0.15, 0.2) is 0 Å².